The molecule has 2 aromatic heterocycles. The van der Waals surface area contributed by atoms with Crippen LogP contribution in [-0.2, 0) is 23.7 Å². The zero-order valence-electron chi connectivity index (χ0n) is 25.6. The van der Waals surface area contributed by atoms with Gasteiger partial charge in [0.15, 0.2) is 17.7 Å². The second-order valence-corrected chi connectivity index (χ2v) is 12.3. The normalized spacial score (nSPS) is 21.7. The molecule has 0 aliphatic carbocycles. The van der Waals surface area contributed by atoms with E-state index < -0.39 is 66.0 Å². The number of imidazole rings is 1. The summed E-state index contributed by atoms with van der Waals surface area (Å²) in [6.45, 7) is 9.91. The smallest absolute Gasteiger partial charge is 0.408 e. The summed E-state index contributed by atoms with van der Waals surface area (Å²) in [7, 11) is 0. The molecule has 2 aromatic rings. The molecule has 0 bridgehead atoms. The van der Waals surface area contributed by atoms with Gasteiger partial charge >= 0.3 is 18.2 Å². The van der Waals surface area contributed by atoms with Crippen LogP contribution in [0, 0.1) is 12.3 Å². The van der Waals surface area contributed by atoms with Crippen molar-refractivity contribution in [3.05, 3.63) is 12.7 Å². The highest BCUT2D eigenvalue weighted by Crippen LogP contribution is 2.36. The topological polar surface area (TPSA) is 222 Å². The standard InChI is InChI=1S/C28H41N7O9/c1-8-11-41-20-17(42-23(19(20)36)35-14-32-18-21(29)30-13-31-22(18)35)12-15(33-25(39)43-27(2,3)4)9-10-16(24(37)38)34-26(40)44-28(5,6)7/h1,13-17,19-20,23,36H,9-12H2,2-7H3,(H,33,39)(H,34,40)(H,37,38)(H2,29,30,31)/t15-,16-,17+,19+,20+,23?/m0/s1. The van der Waals surface area contributed by atoms with Crippen LogP contribution in [0.4, 0.5) is 15.4 Å². The number of carbonyl (C=O) groups is 3. The number of alkyl carbamates (subject to hydrolysis) is 2. The Labute approximate surface area is 255 Å². The Balaban J connectivity index is 1.85. The summed E-state index contributed by atoms with van der Waals surface area (Å²) in [5.41, 5.74) is 4.90. The van der Waals surface area contributed by atoms with Crippen molar-refractivity contribution in [1.29, 1.82) is 0 Å². The average Bonchev–Trinajstić information content (AvgIpc) is 3.44. The van der Waals surface area contributed by atoms with Gasteiger partial charge in [0.05, 0.1) is 12.4 Å². The lowest BCUT2D eigenvalue weighted by Crippen LogP contribution is -2.46. The van der Waals surface area contributed by atoms with Crippen LogP contribution in [0.3, 0.4) is 0 Å². The van der Waals surface area contributed by atoms with Crippen molar-refractivity contribution in [2.45, 2.75) is 109 Å². The van der Waals surface area contributed by atoms with E-state index in [1.165, 1.54) is 17.2 Å². The number of aliphatic carboxylic acids is 1. The molecule has 3 heterocycles. The maximum atomic E-state index is 12.8. The fourth-order valence-corrected chi connectivity index (χ4v) is 4.62. The van der Waals surface area contributed by atoms with Crippen molar-refractivity contribution in [3.63, 3.8) is 0 Å². The number of carboxylic acids is 1. The number of aliphatic hydroxyl groups excluding tert-OH is 1. The Morgan fingerprint density at radius 3 is 2.32 bits per heavy atom. The molecule has 44 heavy (non-hydrogen) atoms. The molecular weight excluding hydrogens is 578 g/mol. The lowest BCUT2D eigenvalue weighted by atomic mass is 9.97. The first-order valence-corrected chi connectivity index (χ1v) is 14.0. The van der Waals surface area contributed by atoms with Gasteiger partial charge in [-0.1, -0.05) is 5.92 Å². The highest BCUT2D eigenvalue weighted by Gasteiger charge is 2.47. The fourth-order valence-electron chi connectivity index (χ4n) is 4.62. The number of rotatable bonds is 11. The highest BCUT2D eigenvalue weighted by atomic mass is 16.6. The number of amides is 2. The van der Waals surface area contributed by atoms with Crippen LogP contribution >= 0.6 is 0 Å². The fraction of sp³-hybridized carbons (Fsp3) is 0.643. The minimum absolute atomic E-state index is 0.0462. The number of hydrogen-bond acceptors (Lipinski definition) is 12. The van der Waals surface area contributed by atoms with Crippen molar-refractivity contribution >= 4 is 35.1 Å². The molecule has 6 N–H and O–H groups in total. The third-order valence-electron chi connectivity index (χ3n) is 6.36. The van der Waals surface area contributed by atoms with Gasteiger partial charge in [0.25, 0.3) is 0 Å². The van der Waals surface area contributed by atoms with Crippen molar-refractivity contribution in [3.8, 4) is 12.3 Å². The number of terminal acetylenes is 1. The number of fused-ring (bicyclic) bond motifs is 1. The number of carboxylic acid groups (broad SMARTS) is 1. The van der Waals surface area contributed by atoms with E-state index in [-0.39, 0.29) is 31.7 Å². The molecule has 0 radical (unpaired) electrons. The van der Waals surface area contributed by atoms with Gasteiger partial charge in [-0.25, -0.2) is 29.3 Å². The van der Waals surface area contributed by atoms with Crippen LogP contribution in [0.25, 0.3) is 11.2 Å². The first kappa shape index (κ1) is 34.3. The maximum absolute atomic E-state index is 12.8. The van der Waals surface area contributed by atoms with E-state index >= 15 is 0 Å². The number of aromatic nitrogens is 4. The minimum Gasteiger partial charge on any atom is -0.480 e. The maximum Gasteiger partial charge on any atom is 0.408 e. The highest BCUT2D eigenvalue weighted by molar-refractivity contribution is 5.81. The molecule has 16 nitrogen and oxygen atoms in total. The number of ether oxygens (including phenoxy) is 4. The number of nitrogens with two attached hydrogens (primary N) is 1. The first-order valence-electron chi connectivity index (χ1n) is 14.0. The van der Waals surface area contributed by atoms with Crippen LogP contribution in [0.1, 0.15) is 67.0 Å². The number of anilines is 1. The van der Waals surface area contributed by atoms with Gasteiger partial charge in [0, 0.05) is 6.04 Å². The van der Waals surface area contributed by atoms with Gasteiger partial charge < -0.3 is 45.5 Å². The first-order chi connectivity index (χ1) is 20.5. The predicted octanol–water partition coefficient (Wildman–Crippen LogP) is 1.73. The SMILES string of the molecule is C#CCO[C@@H]1[C@@H](C[C@H](CC[C@H](NC(=O)OC(C)(C)C)C(=O)O)NC(=O)OC(C)(C)C)OC(n2cnc3c(N)ncnc32)[C@@H]1O. The van der Waals surface area contributed by atoms with Crippen LogP contribution in [0.5, 0.6) is 0 Å². The van der Waals surface area contributed by atoms with Crippen LogP contribution in [-0.4, -0.2) is 96.1 Å². The predicted molar refractivity (Wildman–Crippen MR) is 156 cm³/mol. The Bertz CT molecular complexity index is 1360. The molecular formula is C28H41N7O9. The zero-order valence-corrected chi connectivity index (χ0v) is 25.6. The second-order valence-electron chi connectivity index (χ2n) is 12.3. The number of hydrogen-bond donors (Lipinski definition) is 5. The molecule has 242 valence electrons. The molecule has 6 atom stereocenters. The average molecular weight is 620 g/mol. The number of aliphatic hydroxyl groups is 1. The van der Waals surface area contributed by atoms with E-state index in [2.05, 4.69) is 31.5 Å². The van der Waals surface area contributed by atoms with E-state index in [1.54, 1.807) is 41.5 Å². The van der Waals surface area contributed by atoms with E-state index in [1.807, 2.05) is 0 Å². The van der Waals surface area contributed by atoms with E-state index in [4.69, 9.17) is 31.1 Å². The molecule has 1 aliphatic heterocycles. The Morgan fingerprint density at radius 2 is 1.73 bits per heavy atom. The summed E-state index contributed by atoms with van der Waals surface area (Å²) in [6, 6.07) is -2.08. The Morgan fingerprint density at radius 1 is 1.09 bits per heavy atom. The molecule has 3 rings (SSSR count). The van der Waals surface area contributed by atoms with Gasteiger partial charge in [-0.05, 0) is 60.8 Å². The second kappa shape index (κ2) is 14.1. The molecule has 1 unspecified atom stereocenters. The van der Waals surface area contributed by atoms with Crippen molar-refractivity contribution in [2.24, 2.45) is 0 Å². The van der Waals surface area contributed by atoms with Crippen LogP contribution in [0.15, 0.2) is 12.7 Å². The monoisotopic (exact) mass is 619 g/mol. The number of nitrogens with one attached hydrogen (secondary N) is 2. The summed E-state index contributed by atoms with van der Waals surface area (Å²) in [6.07, 6.45) is 2.37. The summed E-state index contributed by atoms with van der Waals surface area (Å²) in [5.74, 6) is 1.23. The molecule has 1 saturated heterocycles. The van der Waals surface area contributed by atoms with Crippen LogP contribution in [0.2, 0.25) is 0 Å². The molecule has 1 aliphatic rings. The lowest BCUT2D eigenvalue weighted by molar-refractivity contribution is -0.139. The minimum atomic E-state index is -1.33. The van der Waals surface area contributed by atoms with E-state index in [9.17, 15) is 24.6 Å². The molecule has 2 amide bonds. The number of nitrogens with zero attached hydrogens (tertiary/aromatic N) is 4. The summed E-state index contributed by atoms with van der Waals surface area (Å²) >= 11 is 0. The van der Waals surface area contributed by atoms with E-state index in [0.29, 0.717) is 11.2 Å². The molecule has 16 heteroatoms. The zero-order chi connectivity index (χ0) is 32.8. The number of nitrogen functional groups attached to an aromatic ring is 1. The van der Waals surface area contributed by atoms with Gasteiger partial charge in [0.2, 0.25) is 0 Å². The number of carbonyl (C=O) groups excluding carboxylic acids is 2. The summed E-state index contributed by atoms with van der Waals surface area (Å²) < 4.78 is 24.1. The van der Waals surface area contributed by atoms with Gasteiger partial charge in [-0.3, -0.25) is 4.57 Å². The third-order valence-corrected chi connectivity index (χ3v) is 6.36. The summed E-state index contributed by atoms with van der Waals surface area (Å²) in [5, 5.41) is 26.2. The van der Waals surface area contributed by atoms with Crippen molar-refractivity contribution < 1.29 is 43.5 Å². The molecule has 1 fully saturated rings. The quantitative estimate of drug-likeness (QED) is 0.226. The summed E-state index contributed by atoms with van der Waals surface area (Å²) in [4.78, 5) is 49.4. The Hall–Kier alpha value is -4.20. The Kier molecular flexibility index (Phi) is 11.0. The lowest BCUT2D eigenvalue weighted by Gasteiger charge is -2.28. The largest absolute Gasteiger partial charge is 0.480 e. The van der Waals surface area contributed by atoms with E-state index in [0.717, 1.165) is 0 Å². The van der Waals surface area contributed by atoms with Gasteiger partial charge in [0.1, 0.15) is 47.9 Å². The molecule has 0 spiro atoms. The molecule has 0 aromatic carbocycles. The third kappa shape index (κ3) is 9.40. The van der Waals surface area contributed by atoms with Gasteiger partial charge in [-0.15, -0.1) is 6.42 Å². The van der Waals surface area contributed by atoms with Crippen molar-refractivity contribution in [2.75, 3.05) is 12.3 Å². The molecule has 0 saturated carbocycles. The van der Waals surface area contributed by atoms with Crippen molar-refractivity contribution in [1.82, 2.24) is 30.2 Å². The van der Waals surface area contributed by atoms with Gasteiger partial charge in [-0.2, -0.15) is 0 Å². The van der Waals surface area contributed by atoms with Crippen LogP contribution < -0.4 is 16.4 Å².